The van der Waals surface area contributed by atoms with Crippen LogP contribution in [0.25, 0.3) is 0 Å². The minimum atomic E-state index is -2.86. The Bertz CT molecular complexity index is 339. The summed E-state index contributed by atoms with van der Waals surface area (Å²) in [7, 11) is -1.02. The highest BCUT2D eigenvalue weighted by Gasteiger charge is 2.10. The molecule has 0 rings (SSSR count). The summed E-state index contributed by atoms with van der Waals surface area (Å²) in [4.78, 5) is 13.5. The molecule has 0 saturated carbocycles. The van der Waals surface area contributed by atoms with Crippen LogP contribution in [0.5, 0.6) is 0 Å². The van der Waals surface area contributed by atoms with Gasteiger partial charge in [0.25, 0.3) is 0 Å². The number of sulfone groups is 1. The molecule has 0 unspecified atom stereocenters. The van der Waals surface area contributed by atoms with Crippen LogP contribution < -0.4 is 0 Å². The maximum Gasteiger partial charge on any atom is 0.222 e. The Morgan fingerprint density at radius 2 is 1.63 bits per heavy atom. The molecule has 0 radical (unpaired) electrons. The van der Waals surface area contributed by atoms with Gasteiger partial charge in [0.1, 0.15) is 9.84 Å². The van der Waals surface area contributed by atoms with E-state index in [2.05, 4.69) is 6.92 Å². The van der Waals surface area contributed by atoms with Gasteiger partial charge in [-0.05, 0) is 25.7 Å². The molecule has 19 heavy (non-hydrogen) atoms. The lowest BCUT2D eigenvalue weighted by molar-refractivity contribution is -0.130. The zero-order chi connectivity index (χ0) is 14.7. The lowest BCUT2D eigenvalue weighted by Gasteiger charge is -2.16. The molecule has 0 aliphatic rings. The van der Waals surface area contributed by atoms with Gasteiger partial charge < -0.3 is 4.90 Å². The second kappa shape index (κ2) is 10.2. The summed E-state index contributed by atoms with van der Waals surface area (Å²) in [5.41, 5.74) is 0. The molecule has 5 heteroatoms. The first kappa shape index (κ1) is 18.4. The SMILES string of the molecule is CCCCN(C)C(=O)CCCCCS(=O)(=O)CCC. The average Bonchev–Trinajstić information content (AvgIpc) is 2.34. The van der Waals surface area contributed by atoms with Crippen LogP contribution in [0.3, 0.4) is 0 Å². The summed E-state index contributed by atoms with van der Waals surface area (Å²) in [6.45, 7) is 4.80. The highest BCUT2D eigenvalue weighted by molar-refractivity contribution is 7.91. The molecule has 0 saturated heterocycles. The fraction of sp³-hybridized carbons (Fsp3) is 0.929. The lowest BCUT2D eigenvalue weighted by Crippen LogP contribution is -2.27. The predicted octanol–water partition coefficient (Wildman–Crippen LogP) is 2.63. The van der Waals surface area contributed by atoms with E-state index in [1.807, 2.05) is 14.0 Å². The van der Waals surface area contributed by atoms with Gasteiger partial charge in [-0.2, -0.15) is 0 Å². The molecule has 0 heterocycles. The van der Waals surface area contributed by atoms with Crippen molar-refractivity contribution in [3.8, 4) is 0 Å². The number of carbonyl (C=O) groups is 1. The molecule has 0 aromatic heterocycles. The molecular weight excluding hydrogens is 262 g/mol. The highest BCUT2D eigenvalue weighted by atomic mass is 32.2. The summed E-state index contributed by atoms with van der Waals surface area (Å²) in [6, 6.07) is 0. The van der Waals surface area contributed by atoms with E-state index in [-0.39, 0.29) is 17.4 Å². The Labute approximate surface area is 118 Å². The Morgan fingerprint density at radius 3 is 2.21 bits per heavy atom. The Kier molecular flexibility index (Phi) is 9.92. The van der Waals surface area contributed by atoms with Crippen LogP contribution in [0.2, 0.25) is 0 Å². The van der Waals surface area contributed by atoms with Crippen molar-refractivity contribution in [1.82, 2.24) is 4.90 Å². The zero-order valence-corrected chi connectivity index (χ0v) is 13.5. The van der Waals surface area contributed by atoms with Gasteiger partial charge in [0.15, 0.2) is 0 Å². The normalized spacial score (nSPS) is 11.5. The van der Waals surface area contributed by atoms with Crippen LogP contribution in [-0.2, 0) is 14.6 Å². The third-order valence-corrected chi connectivity index (χ3v) is 5.07. The van der Waals surface area contributed by atoms with Gasteiger partial charge in [0, 0.05) is 25.8 Å². The van der Waals surface area contributed by atoms with Crippen molar-refractivity contribution >= 4 is 15.7 Å². The second-order valence-corrected chi connectivity index (χ2v) is 7.43. The summed E-state index contributed by atoms with van der Waals surface area (Å²) in [5.74, 6) is 0.719. The van der Waals surface area contributed by atoms with Crippen molar-refractivity contribution in [2.75, 3.05) is 25.1 Å². The molecular formula is C14H29NO3S. The molecule has 0 bridgehead atoms. The molecule has 0 aliphatic carbocycles. The largest absolute Gasteiger partial charge is 0.346 e. The second-order valence-electron chi connectivity index (χ2n) is 5.13. The van der Waals surface area contributed by atoms with E-state index in [1.165, 1.54) is 0 Å². The maximum absolute atomic E-state index is 11.7. The first-order valence-electron chi connectivity index (χ1n) is 7.37. The van der Waals surface area contributed by atoms with Crippen molar-refractivity contribution in [2.24, 2.45) is 0 Å². The lowest BCUT2D eigenvalue weighted by atomic mass is 10.2. The van der Waals surface area contributed by atoms with Crippen molar-refractivity contribution in [3.63, 3.8) is 0 Å². The van der Waals surface area contributed by atoms with Gasteiger partial charge in [0.2, 0.25) is 5.91 Å². The fourth-order valence-corrected chi connectivity index (χ4v) is 3.37. The predicted molar refractivity (Wildman–Crippen MR) is 80.0 cm³/mol. The topological polar surface area (TPSA) is 54.5 Å². The minimum Gasteiger partial charge on any atom is -0.346 e. The van der Waals surface area contributed by atoms with Crippen molar-refractivity contribution in [1.29, 1.82) is 0 Å². The molecule has 0 spiro atoms. The molecule has 0 aromatic carbocycles. The summed E-state index contributed by atoms with van der Waals surface area (Å²) >= 11 is 0. The van der Waals surface area contributed by atoms with Crippen LogP contribution in [-0.4, -0.2) is 44.3 Å². The number of unbranched alkanes of at least 4 members (excludes halogenated alkanes) is 3. The molecule has 114 valence electrons. The van der Waals surface area contributed by atoms with Gasteiger partial charge in [-0.1, -0.05) is 26.7 Å². The van der Waals surface area contributed by atoms with E-state index in [1.54, 1.807) is 4.90 Å². The number of hydrogen-bond donors (Lipinski definition) is 0. The maximum atomic E-state index is 11.7. The van der Waals surface area contributed by atoms with Crippen LogP contribution in [0.4, 0.5) is 0 Å². The van der Waals surface area contributed by atoms with E-state index >= 15 is 0 Å². The average molecular weight is 291 g/mol. The molecule has 0 fully saturated rings. The van der Waals surface area contributed by atoms with E-state index in [0.29, 0.717) is 19.3 Å². The van der Waals surface area contributed by atoms with Gasteiger partial charge in [0.05, 0.1) is 5.75 Å². The Morgan fingerprint density at radius 1 is 0.947 bits per heavy atom. The van der Waals surface area contributed by atoms with Gasteiger partial charge in [-0.3, -0.25) is 4.79 Å². The third-order valence-electron chi connectivity index (χ3n) is 3.13. The number of carbonyl (C=O) groups excluding carboxylic acids is 1. The molecule has 1 amide bonds. The summed E-state index contributed by atoms with van der Waals surface area (Å²) in [5, 5.41) is 0. The van der Waals surface area contributed by atoms with E-state index in [9.17, 15) is 13.2 Å². The van der Waals surface area contributed by atoms with Crippen LogP contribution in [0, 0.1) is 0 Å². The number of nitrogens with zero attached hydrogens (tertiary/aromatic N) is 1. The molecule has 0 N–H and O–H groups in total. The van der Waals surface area contributed by atoms with Crippen LogP contribution in [0.1, 0.15) is 58.8 Å². The first-order valence-corrected chi connectivity index (χ1v) is 9.19. The monoisotopic (exact) mass is 291 g/mol. The third kappa shape index (κ3) is 9.93. The van der Waals surface area contributed by atoms with Gasteiger partial charge in [-0.15, -0.1) is 0 Å². The zero-order valence-electron chi connectivity index (χ0n) is 12.7. The Balaban J connectivity index is 3.66. The molecule has 4 nitrogen and oxygen atoms in total. The smallest absolute Gasteiger partial charge is 0.222 e. The van der Waals surface area contributed by atoms with E-state index in [4.69, 9.17) is 0 Å². The van der Waals surface area contributed by atoms with E-state index in [0.717, 1.165) is 32.2 Å². The standard InChI is InChI=1S/C14H29NO3S/c1-4-6-11-15(3)14(16)10-8-7-9-13-19(17,18)12-5-2/h4-13H2,1-3H3. The molecule has 0 aromatic rings. The minimum absolute atomic E-state index is 0.171. The first-order chi connectivity index (χ1) is 8.93. The number of rotatable bonds is 11. The van der Waals surface area contributed by atoms with E-state index < -0.39 is 9.84 Å². The van der Waals surface area contributed by atoms with Gasteiger partial charge >= 0.3 is 0 Å². The molecule has 0 aliphatic heterocycles. The van der Waals surface area contributed by atoms with Gasteiger partial charge in [-0.25, -0.2) is 8.42 Å². The number of amides is 1. The van der Waals surface area contributed by atoms with Crippen molar-refractivity contribution in [3.05, 3.63) is 0 Å². The van der Waals surface area contributed by atoms with Crippen molar-refractivity contribution < 1.29 is 13.2 Å². The number of hydrogen-bond acceptors (Lipinski definition) is 3. The highest BCUT2D eigenvalue weighted by Crippen LogP contribution is 2.06. The van der Waals surface area contributed by atoms with Crippen LogP contribution in [0.15, 0.2) is 0 Å². The summed E-state index contributed by atoms with van der Waals surface area (Å²) in [6.07, 6.45) is 5.63. The summed E-state index contributed by atoms with van der Waals surface area (Å²) < 4.78 is 23.0. The van der Waals surface area contributed by atoms with Crippen LogP contribution >= 0.6 is 0 Å². The quantitative estimate of drug-likeness (QED) is 0.550. The Hall–Kier alpha value is -0.580. The van der Waals surface area contributed by atoms with Crippen molar-refractivity contribution in [2.45, 2.75) is 58.8 Å². The fourth-order valence-electron chi connectivity index (χ4n) is 1.90. The molecule has 0 atom stereocenters.